The molecule has 1 heterocycles. The van der Waals surface area contributed by atoms with Crippen LogP contribution in [-0.4, -0.2) is 34.7 Å². The summed E-state index contributed by atoms with van der Waals surface area (Å²) < 4.78 is 15.4. The Bertz CT molecular complexity index is 1240. The summed E-state index contributed by atoms with van der Waals surface area (Å²) >= 11 is 0. The van der Waals surface area contributed by atoms with E-state index < -0.39 is 11.7 Å². The van der Waals surface area contributed by atoms with Crippen LogP contribution in [0.2, 0.25) is 0 Å². The molecular weight excluding hydrogens is 407 g/mol. The average molecular weight is 428 g/mol. The Kier molecular flexibility index (Phi) is 6.36. The monoisotopic (exact) mass is 428 g/mol. The molecule has 0 unspecified atom stereocenters. The Morgan fingerprint density at radius 3 is 2.31 bits per heavy atom. The molecule has 32 heavy (non-hydrogen) atoms. The molecule has 0 fully saturated rings. The molecule has 0 bridgehead atoms. The van der Waals surface area contributed by atoms with Crippen molar-refractivity contribution in [2.24, 2.45) is 0 Å². The van der Waals surface area contributed by atoms with E-state index in [0.717, 1.165) is 16.9 Å². The smallest absolute Gasteiger partial charge is 0.254 e. The Morgan fingerprint density at radius 2 is 1.53 bits per heavy atom. The minimum atomic E-state index is -0.584. The lowest BCUT2D eigenvalue weighted by atomic mass is 10.1. The highest BCUT2D eigenvalue weighted by Gasteiger charge is 2.12. The number of rotatable bonds is 7. The van der Waals surface area contributed by atoms with Gasteiger partial charge >= 0.3 is 0 Å². The van der Waals surface area contributed by atoms with Gasteiger partial charge in [0.25, 0.3) is 11.8 Å². The topological polar surface area (TPSA) is 76.0 Å². The van der Waals surface area contributed by atoms with Crippen molar-refractivity contribution in [3.8, 4) is 16.9 Å². The van der Waals surface area contributed by atoms with E-state index in [4.69, 9.17) is 0 Å². The highest BCUT2D eigenvalue weighted by molar-refractivity contribution is 5.95. The van der Waals surface area contributed by atoms with Gasteiger partial charge in [0.2, 0.25) is 0 Å². The minimum absolute atomic E-state index is 0.0278. The van der Waals surface area contributed by atoms with E-state index in [2.05, 4.69) is 15.7 Å². The lowest BCUT2D eigenvalue weighted by Crippen LogP contribution is -2.35. The van der Waals surface area contributed by atoms with Gasteiger partial charge in [-0.25, -0.2) is 9.07 Å². The van der Waals surface area contributed by atoms with Gasteiger partial charge in [-0.05, 0) is 36.4 Å². The SMILES string of the molecule is O=C(NCCNC(=O)c1ccccc1F)c1cccc(-n2nccc2-c2ccccc2)c1. The highest BCUT2D eigenvalue weighted by atomic mass is 19.1. The molecule has 0 aliphatic heterocycles. The van der Waals surface area contributed by atoms with Gasteiger partial charge in [0.1, 0.15) is 5.82 Å². The fourth-order valence-electron chi connectivity index (χ4n) is 3.31. The molecular formula is C25H21FN4O2. The van der Waals surface area contributed by atoms with E-state index in [1.54, 1.807) is 35.1 Å². The van der Waals surface area contributed by atoms with Gasteiger partial charge in [-0.2, -0.15) is 5.10 Å². The number of carbonyl (C=O) groups is 2. The number of halogens is 1. The zero-order valence-corrected chi connectivity index (χ0v) is 17.2. The maximum atomic E-state index is 13.7. The number of nitrogens with zero attached hydrogens (tertiary/aromatic N) is 2. The summed E-state index contributed by atoms with van der Waals surface area (Å²) in [7, 11) is 0. The van der Waals surface area contributed by atoms with E-state index in [-0.39, 0.29) is 24.6 Å². The third kappa shape index (κ3) is 4.73. The number of hydrogen-bond donors (Lipinski definition) is 2. The van der Waals surface area contributed by atoms with Crippen LogP contribution in [0.25, 0.3) is 16.9 Å². The van der Waals surface area contributed by atoms with E-state index in [1.807, 2.05) is 42.5 Å². The Labute approximate surface area is 184 Å². The van der Waals surface area contributed by atoms with Crippen LogP contribution in [0.1, 0.15) is 20.7 Å². The average Bonchev–Trinajstić information content (AvgIpc) is 3.32. The van der Waals surface area contributed by atoms with E-state index in [0.29, 0.717) is 5.56 Å². The summed E-state index contributed by atoms with van der Waals surface area (Å²) in [6.45, 7) is 0.385. The molecule has 4 aromatic rings. The minimum Gasteiger partial charge on any atom is -0.350 e. The zero-order chi connectivity index (χ0) is 22.3. The van der Waals surface area contributed by atoms with Crippen LogP contribution < -0.4 is 10.6 Å². The van der Waals surface area contributed by atoms with Gasteiger partial charge in [-0.15, -0.1) is 0 Å². The van der Waals surface area contributed by atoms with Gasteiger partial charge in [0.15, 0.2) is 0 Å². The summed E-state index contributed by atoms with van der Waals surface area (Å²) in [6.07, 6.45) is 1.72. The maximum absolute atomic E-state index is 13.7. The van der Waals surface area contributed by atoms with Crippen LogP contribution in [0.4, 0.5) is 4.39 Å². The van der Waals surface area contributed by atoms with Gasteiger partial charge in [-0.3, -0.25) is 9.59 Å². The van der Waals surface area contributed by atoms with Crippen molar-refractivity contribution in [3.63, 3.8) is 0 Å². The Hall–Kier alpha value is -4.26. The number of aromatic nitrogens is 2. The van der Waals surface area contributed by atoms with Crippen LogP contribution in [0.15, 0.2) is 91.1 Å². The zero-order valence-electron chi connectivity index (χ0n) is 17.2. The standard InChI is InChI=1S/C25H21FN4O2/c26-22-12-5-4-11-21(22)25(32)28-16-15-27-24(31)19-9-6-10-20(17-19)30-23(13-14-29-30)18-7-2-1-3-8-18/h1-14,17H,15-16H2,(H,27,31)(H,28,32). The second kappa shape index (κ2) is 9.70. The predicted octanol–water partition coefficient (Wildman–Crippen LogP) is 3.84. The fourth-order valence-corrected chi connectivity index (χ4v) is 3.31. The first-order valence-electron chi connectivity index (χ1n) is 10.1. The van der Waals surface area contributed by atoms with E-state index in [9.17, 15) is 14.0 Å². The van der Waals surface area contributed by atoms with Crippen molar-refractivity contribution >= 4 is 11.8 Å². The van der Waals surface area contributed by atoms with Crippen molar-refractivity contribution < 1.29 is 14.0 Å². The summed E-state index contributed by atoms with van der Waals surface area (Å²) in [4.78, 5) is 24.6. The van der Waals surface area contributed by atoms with Crippen LogP contribution in [0, 0.1) is 5.82 Å². The number of carbonyl (C=O) groups excluding carboxylic acids is 2. The second-order valence-electron chi connectivity index (χ2n) is 7.04. The van der Waals surface area contributed by atoms with Crippen LogP contribution in [-0.2, 0) is 0 Å². The van der Waals surface area contributed by atoms with Gasteiger partial charge in [0, 0.05) is 24.2 Å². The highest BCUT2D eigenvalue weighted by Crippen LogP contribution is 2.22. The summed E-state index contributed by atoms with van der Waals surface area (Å²) in [5, 5.41) is 9.76. The number of amides is 2. The fraction of sp³-hybridized carbons (Fsp3) is 0.0800. The molecule has 0 saturated heterocycles. The molecule has 0 radical (unpaired) electrons. The van der Waals surface area contributed by atoms with Crippen molar-refractivity contribution in [2.45, 2.75) is 0 Å². The number of benzene rings is 3. The third-order valence-corrected chi connectivity index (χ3v) is 4.88. The van der Waals surface area contributed by atoms with Crippen LogP contribution >= 0.6 is 0 Å². The normalized spacial score (nSPS) is 10.5. The third-order valence-electron chi connectivity index (χ3n) is 4.88. The van der Waals surface area contributed by atoms with Gasteiger partial charge in [0.05, 0.1) is 23.1 Å². The Balaban J connectivity index is 1.38. The van der Waals surface area contributed by atoms with Crippen LogP contribution in [0.3, 0.4) is 0 Å². The van der Waals surface area contributed by atoms with Crippen molar-refractivity contribution in [1.29, 1.82) is 0 Å². The molecule has 6 nitrogen and oxygen atoms in total. The second-order valence-corrected chi connectivity index (χ2v) is 7.04. The summed E-state index contributed by atoms with van der Waals surface area (Å²) in [5.74, 6) is -1.38. The molecule has 4 rings (SSSR count). The molecule has 0 atom stereocenters. The molecule has 0 aliphatic rings. The van der Waals surface area contributed by atoms with Crippen molar-refractivity contribution in [3.05, 3.63) is 108 Å². The quantitative estimate of drug-likeness (QED) is 0.439. The van der Waals surface area contributed by atoms with E-state index in [1.165, 1.54) is 18.2 Å². The number of nitrogens with one attached hydrogen (secondary N) is 2. The molecule has 2 amide bonds. The van der Waals surface area contributed by atoms with E-state index >= 15 is 0 Å². The molecule has 0 spiro atoms. The molecule has 1 aromatic heterocycles. The molecule has 3 aromatic carbocycles. The molecule has 0 aliphatic carbocycles. The first kappa shape index (κ1) is 21.0. The first-order valence-corrected chi connectivity index (χ1v) is 10.1. The molecule has 7 heteroatoms. The summed E-state index contributed by atoms with van der Waals surface area (Å²) in [5.41, 5.74) is 3.14. The van der Waals surface area contributed by atoms with Gasteiger partial charge < -0.3 is 10.6 Å². The Morgan fingerprint density at radius 1 is 0.812 bits per heavy atom. The molecule has 2 N–H and O–H groups in total. The molecule has 160 valence electrons. The largest absolute Gasteiger partial charge is 0.350 e. The first-order chi connectivity index (χ1) is 15.6. The number of hydrogen-bond acceptors (Lipinski definition) is 3. The lowest BCUT2D eigenvalue weighted by Gasteiger charge is -2.10. The molecule has 0 saturated carbocycles. The predicted molar refractivity (Wildman–Crippen MR) is 120 cm³/mol. The summed E-state index contributed by atoms with van der Waals surface area (Å²) in [6, 6.07) is 24.7. The maximum Gasteiger partial charge on any atom is 0.254 e. The lowest BCUT2D eigenvalue weighted by molar-refractivity contribution is 0.0925. The van der Waals surface area contributed by atoms with Gasteiger partial charge in [-0.1, -0.05) is 48.5 Å². The van der Waals surface area contributed by atoms with Crippen molar-refractivity contribution in [1.82, 2.24) is 20.4 Å². The van der Waals surface area contributed by atoms with Crippen LogP contribution in [0.5, 0.6) is 0 Å². The van der Waals surface area contributed by atoms with Crippen molar-refractivity contribution in [2.75, 3.05) is 13.1 Å².